The zero-order chi connectivity index (χ0) is 20.1. The molecule has 0 N–H and O–H groups in total. The van der Waals surface area contributed by atoms with E-state index in [2.05, 4.69) is 5.10 Å². The summed E-state index contributed by atoms with van der Waals surface area (Å²) in [6.07, 6.45) is 1.68. The van der Waals surface area contributed by atoms with Gasteiger partial charge in [-0.25, -0.2) is 18.1 Å². The monoisotopic (exact) mass is 418 g/mol. The molecule has 3 aromatic rings. The van der Waals surface area contributed by atoms with E-state index in [1.165, 1.54) is 4.88 Å². The number of rotatable bonds is 3. The average molecular weight is 419 g/mol. The van der Waals surface area contributed by atoms with Gasteiger partial charge in [-0.3, -0.25) is 4.79 Å². The van der Waals surface area contributed by atoms with Gasteiger partial charge in [-0.15, -0.1) is 11.3 Å². The SMILES string of the molecule is Cc1ccc(-c2cc(C(=O)N3CCS(=O)(=O)CC3)c3cnn(C(C)C)c3n2)s1. The number of amides is 1. The highest BCUT2D eigenvalue weighted by atomic mass is 32.2. The molecule has 0 saturated carbocycles. The molecule has 4 heterocycles. The Morgan fingerprint density at radius 3 is 2.54 bits per heavy atom. The molecule has 0 bridgehead atoms. The average Bonchev–Trinajstić information content (AvgIpc) is 3.26. The van der Waals surface area contributed by atoms with Gasteiger partial charge in [0.05, 0.1) is 39.2 Å². The molecule has 9 heteroatoms. The van der Waals surface area contributed by atoms with Crippen LogP contribution in [0.2, 0.25) is 0 Å². The Morgan fingerprint density at radius 1 is 1.21 bits per heavy atom. The fourth-order valence-corrected chi connectivity index (χ4v) is 5.39. The third-order valence-corrected chi connectivity index (χ3v) is 7.54. The number of hydrogen-bond donors (Lipinski definition) is 0. The van der Waals surface area contributed by atoms with E-state index in [1.54, 1.807) is 22.4 Å². The minimum absolute atomic E-state index is 0.00913. The lowest BCUT2D eigenvalue weighted by atomic mass is 10.1. The summed E-state index contributed by atoms with van der Waals surface area (Å²) in [4.78, 5) is 21.8. The molecule has 0 aliphatic carbocycles. The van der Waals surface area contributed by atoms with Crippen molar-refractivity contribution in [2.24, 2.45) is 0 Å². The predicted molar refractivity (Wildman–Crippen MR) is 111 cm³/mol. The molecule has 7 nitrogen and oxygen atoms in total. The fraction of sp³-hybridized carbons (Fsp3) is 0.421. The van der Waals surface area contributed by atoms with Crippen molar-refractivity contribution >= 4 is 38.1 Å². The maximum absolute atomic E-state index is 13.3. The van der Waals surface area contributed by atoms with E-state index in [9.17, 15) is 13.2 Å². The standard InChI is InChI=1S/C19H22N4O3S2/c1-12(2)23-18-15(11-20-23)14(10-16(21-18)17-5-4-13(3)27-17)19(24)22-6-8-28(25,26)9-7-22/h4-5,10-12H,6-9H2,1-3H3. The second-order valence-electron chi connectivity index (χ2n) is 7.33. The first kappa shape index (κ1) is 19.1. The van der Waals surface area contributed by atoms with E-state index in [0.29, 0.717) is 16.6 Å². The van der Waals surface area contributed by atoms with Crippen molar-refractivity contribution in [3.05, 3.63) is 34.8 Å². The highest BCUT2D eigenvalue weighted by molar-refractivity contribution is 7.91. The number of hydrogen-bond acceptors (Lipinski definition) is 6. The first-order valence-corrected chi connectivity index (χ1v) is 11.8. The van der Waals surface area contributed by atoms with Gasteiger partial charge in [0.1, 0.15) is 0 Å². The molecule has 1 saturated heterocycles. The van der Waals surface area contributed by atoms with Gasteiger partial charge in [0.2, 0.25) is 0 Å². The largest absolute Gasteiger partial charge is 0.337 e. The molecule has 3 aromatic heterocycles. The van der Waals surface area contributed by atoms with Crippen LogP contribution in [0, 0.1) is 6.92 Å². The molecular formula is C19H22N4O3S2. The normalized spacial score (nSPS) is 16.8. The summed E-state index contributed by atoms with van der Waals surface area (Å²) < 4.78 is 25.3. The molecule has 1 aliphatic rings. The minimum Gasteiger partial charge on any atom is -0.337 e. The molecule has 1 amide bonds. The summed E-state index contributed by atoms with van der Waals surface area (Å²) in [5, 5.41) is 5.14. The van der Waals surface area contributed by atoms with Crippen LogP contribution in [-0.4, -0.2) is 58.6 Å². The fourth-order valence-electron chi connectivity index (χ4n) is 3.36. The molecule has 0 spiro atoms. The van der Waals surface area contributed by atoms with Crippen LogP contribution in [0.4, 0.5) is 0 Å². The quantitative estimate of drug-likeness (QED) is 0.653. The van der Waals surface area contributed by atoms with Crippen molar-refractivity contribution in [1.29, 1.82) is 0 Å². The Balaban J connectivity index is 1.83. The van der Waals surface area contributed by atoms with Gasteiger partial charge in [-0.05, 0) is 39.0 Å². The van der Waals surface area contributed by atoms with Crippen LogP contribution in [0.3, 0.4) is 0 Å². The Morgan fingerprint density at radius 2 is 1.93 bits per heavy atom. The van der Waals surface area contributed by atoms with Crippen molar-refractivity contribution in [3.63, 3.8) is 0 Å². The van der Waals surface area contributed by atoms with Crippen molar-refractivity contribution < 1.29 is 13.2 Å². The number of aryl methyl sites for hydroxylation is 1. The van der Waals surface area contributed by atoms with Crippen LogP contribution in [0.25, 0.3) is 21.6 Å². The summed E-state index contributed by atoms with van der Waals surface area (Å²) in [5.74, 6) is -0.148. The lowest BCUT2D eigenvalue weighted by Gasteiger charge is -2.27. The Kier molecular flexibility index (Phi) is 4.75. The van der Waals surface area contributed by atoms with Crippen LogP contribution in [-0.2, 0) is 9.84 Å². The number of nitrogens with zero attached hydrogens (tertiary/aromatic N) is 4. The zero-order valence-electron chi connectivity index (χ0n) is 16.0. The van der Waals surface area contributed by atoms with Gasteiger partial charge >= 0.3 is 0 Å². The van der Waals surface area contributed by atoms with Crippen molar-refractivity contribution in [2.45, 2.75) is 26.8 Å². The summed E-state index contributed by atoms with van der Waals surface area (Å²) >= 11 is 1.63. The van der Waals surface area contributed by atoms with Gasteiger partial charge in [-0.2, -0.15) is 5.10 Å². The highest BCUT2D eigenvalue weighted by Gasteiger charge is 2.28. The second-order valence-corrected chi connectivity index (χ2v) is 10.9. The third kappa shape index (κ3) is 3.44. The number of fused-ring (bicyclic) bond motifs is 1. The van der Waals surface area contributed by atoms with E-state index in [0.717, 1.165) is 10.6 Å². The molecule has 0 unspecified atom stereocenters. The number of carbonyl (C=O) groups excluding carboxylic acids is 1. The lowest BCUT2D eigenvalue weighted by molar-refractivity contribution is 0.0772. The van der Waals surface area contributed by atoms with E-state index in [4.69, 9.17) is 4.98 Å². The van der Waals surface area contributed by atoms with Crippen molar-refractivity contribution in [2.75, 3.05) is 24.6 Å². The second kappa shape index (κ2) is 6.97. The van der Waals surface area contributed by atoms with Crippen molar-refractivity contribution in [1.82, 2.24) is 19.7 Å². The van der Waals surface area contributed by atoms with Crippen LogP contribution >= 0.6 is 11.3 Å². The summed E-state index contributed by atoms with van der Waals surface area (Å²) in [6, 6.07) is 5.95. The molecule has 0 radical (unpaired) electrons. The molecule has 4 rings (SSSR count). The Bertz CT molecular complexity index is 1150. The summed E-state index contributed by atoms with van der Waals surface area (Å²) in [6.45, 7) is 6.51. The van der Waals surface area contributed by atoms with Gasteiger partial charge in [0.15, 0.2) is 15.5 Å². The number of aromatic nitrogens is 3. The highest BCUT2D eigenvalue weighted by Crippen LogP contribution is 2.31. The number of sulfone groups is 1. The van der Waals surface area contributed by atoms with Gasteiger partial charge in [0, 0.05) is 24.0 Å². The Labute approximate surface area is 167 Å². The van der Waals surface area contributed by atoms with E-state index in [1.807, 2.05) is 43.7 Å². The third-order valence-electron chi connectivity index (χ3n) is 4.91. The van der Waals surface area contributed by atoms with Crippen LogP contribution in [0.1, 0.15) is 35.1 Å². The number of thiophene rings is 1. The predicted octanol–water partition coefficient (Wildman–Crippen LogP) is 2.92. The van der Waals surface area contributed by atoms with Crippen LogP contribution in [0.5, 0.6) is 0 Å². The topological polar surface area (TPSA) is 85.2 Å². The van der Waals surface area contributed by atoms with Crippen molar-refractivity contribution in [3.8, 4) is 10.6 Å². The minimum atomic E-state index is -3.05. The first-order valence-electron chi connectivity index (χ1n) is 9.20. The molecule has 1 aliphatic heterocycles. The molecular weight excluding hydrogens is 396 g/mol. The summed E-state index contributed by atoms with van der Waals surface area (Å²) in [7, 11) is -3.05. The van der Waals surface area contributed by atoms with E-state index < -0.39 is 9.84 Å². The zero-order valence-corrected chi connectivity index (χ0v) is 17.7. The summed E-state index contributed by atoms with van der Waals surface area (Å²) in [5.41, 5.74) is 1.93. The van der Waals surface area contributed by atoms with E-state index in [-0.39, 0.29) is 36.5 Å². The molecule has 0 aromatic carbocycles. The van der Waals surface area contributed by atoms with Crippen LogP contribution < -0.4 is 0 Å². The van der Waals surface area contributed by atoms with Gasteiger partial charge < -0.3 is 4.90 Å². The lowest BCUT2D eigenvalue weighted by Crippen LogP contribution is -2.43. The van der Waals surface area contributed by atoms with Gasteiger partial charge in [0.25, 0.3) is 5.91 Å². The van der Waals surface area contributed by atoms with Gasteiger partial charge in [-0.1, -0.05) is 0 Å². The number of pyridine rings is 1. The molecule has 148 valence electrons. The molecule has 0 atom stereocenters. The van der Waals surface area contributed by atoms with E-state index >= 15 is 0 Å². The maximum atomic E-state index is 13.3. The van der Waals surface area contributed by atoms with Crippen LogP contribution in [0.15, 0.2) is 24.4 Å². The molecule has 1 fully saturated rings. The number of carbonyl (C=O) groups is 1. The Hall–Kier alpha value is -2.26. The smallest absolute Gasteiger partial charge is 0.254 e. The first-order chi connectivity index (χ1) is 13.2. The maximum Gasteiger partial charge on any atom is 0.254 e. The molecule has 28 heavy (non-hydrogen) atoms.